The number of para-hydroxylation sites is 1. The number of carbonyl (C=O) groups excluding carboxylic acids is 2. The Hall–Kier alpha value is -3.15. The van der Waals surface area contributed by atoms with E-state index in [4.69, 9.17) is 4.74 Å². The lowest BCUT2D eigenvalue weighted by Crippen LogP contribution is -2.41. The van der Waals surface area contributed by atoms with Crippen LogP contribution in [0, 0.1) is 5.82 Å². The maximum absolute atomic E-state index is 14.2. The Morgan fingerprint density at radius 2 is 1.79 bits per heavy atom. The number of benzene rings is 2. The van der Waals surface area contributed by atoms with E-state index in [1.807, 2.05) is 38.1 Å². The fourth-order valence-electron chi connectivity index (χ4n) is 3.19. The van der Waals surface area contributed by atoms with E-state index in [1.54, 1.807) is 28.8 Å². The molecule has 3 aromatic rings. The van der Waals surface area contributed by atoms with Crippen LogP contribution in [0.25, 0.3) is 10.9 Å². The van der Waals surface area contributed by atoms with Gasteiger partial charge in [-0.1, -0.05) is 36.4 Å². The van der Waals surface area contributed by atoms with Gasteiger partial charge in [0.1, 0.15) is 18.1 Å². The van der Waals surface area contributed by atoms with E-state index in [0.717, 1.165) is 10.9 Å². The summed E-state index contributed by atoms with van der Waals surface area (Å²) in [6.07, 6.45) is 0. The van der Waals surface area contributed by atoms with Crippen molar-refractivity contribution in [3.63, 3.8) is 0 Å². The molecule has 1 heterocycles. The summed E-state index contributed by atoms with van der Waals surface area (Å²) in [6.45, 7) is 3.75. The molecule has 0 saturated carbocycles. The quantitative estimate of drug-likeness (QED) is 0.609. The van der Waals surface area contributed by atoms with Gasteiger partial charge in [0.2, 0.25) is 0 Å². The van der Waals surface area contributed by atoms with Crippen molar-refractivity contribution < 1.29 is 18.7 Å². The third kappa shape index (κ3) is 3.91. The Balaban J connectivity index is 2.08. The molecule has 146 valence electrons. The summed E-state index contributed by atoms with van der Waals surface area (Å²) in [5.74, 6) is -1.11. The van der Waals surface area contributed by atoms with Crippen LogP contribution in [0.2, 0.25) is 0 Å². The largest absolute Gasteiger partial charge is 0.468 e. The standard InChI is InChI=1S/C22H23FN2O3/c1-15(2)24(14-21(26)28-3)22(27)20-12-16-8-5-7-11-19(16)25(20)13-17-9-4-6-10-18(17)23/h4-12,15H,13-14H2,1-3H3. The average Bonchev–Trinajstić information content (AvgIpc) is 3.05. The molecule has 3 rings (SSSR count). The Morgan fingerprint density at radius 1 is 1.11 bits per heavy atom. The summed E-state index contributed by atoms with van der Waals surface area (Å²) in [5, 5.41) is 0.879. The second-order valence-electron chi connectivity index (χ2n) is 6.87. The van der Waals surface area contributed by atoms with E-state index in [1.165, 1.54) is 18.1 Å². The molecule has 0 unspecified atom stereocenters. The summed E-state index contributed by atoms with van der Waals surface area (Å²) in [5.41, 5.74) is 1.72. The van der Waals surface area contributed by atoms with Crippen LogP contribution >= 0.6 is 0 Å². The molecule has 5 nitrogen and oxygen atoms in total. The van der Waals surface area contributed by atoms with E-state index in [-0.39, 0.29) is 30.9 Å². The first-order chi connectivity index (χ1) is 13.4. The summed E-state index contributed by atoms with van der Waals surface area (Å²) in [6, 6.07) is 15.7. The first kappa shape index (κ1) is 19.6. The molecular weight excluding hydrogens is 359 g/mol. The number of hydrogen-bond acceptors (Lipinski definition) is 3. The first-order valence-electron chi connectivity index (χ1n) is 9.11. The fourth-order valence-corrected chi connectivity index (χ4v) is 3.19. The van der Waals surface area contributed by atoms with Crippen molar-refractivity contribution >= 4 is 22.8 Å². The number of amides is 1. The number of methoxy groups -OCH3 is 1. The molecule has 28 heavy (non-hydrogen) atoms. The van der Waals surface area contributed by atoms with Crippen molar-refractivity contribution in [1.82, 2.24) is 9.47 Å². The van der Waals surface area contributed by atoms with Gasteiger partial charge in [0.25, 0.3) is 5.91 Å². The second kappa shape index (κ2) is 8.25. The normalized spacial score (nSPS) is 11.0. The zero-order chi connectivity index (χ0) is 20.3. The van der Waals surface area contributed by atoms with Crippen LogP contribution in [0.5, 0.6) is 0 Å². The number of carbonyl (C=O) groups is 2. The van der Waals surface area contributed by atoms with E-state index < -0.39 is 5.97 Å². The van der Waals surface area contributed by atoms with Crippen molar-refractivity contribution in [2.45, 2.75) is 26.4 Å². The van der Waals surface area contributed by atoms with E-state index in [9.17, 15) is 14.0 Å². The molecule has 0 atom stereocenters. The molecule has 0 saturated heterocycles. The number of esters is 1. The highest BCUT2D eigenvalue weighted by molar-refractivity contribution is 6.00. The molecule has 0 radical (unpaired) electrons. The van der Waals surface area contributed by atoms with Gasteiger partial charge in [-0.15, -0.1) is 0 Å². The van der Waals surface area contributed by atoms with E-state index >= 15 is 0 Å². The topological polar surface area (TPSA) is 51.5 Å². The monoisotopic (exact) mass is 382 g/mol. The molecule has 1 aromatic heterocycles. The minimum absolute atomic E-state index is 0.145. The minimum atomic E-state index is -0.487. The van der Waals surface area contributed by atoms with Crippen LogP contribution < -0.4 is 0 Å². The number of hydrogen-bond donors (Lipinski definition) is 0. The zero-order valence-electron chi connectivity index (χ0n) is 16.2. The molecule has 0 aliphatic rings. The highest BCUT2D eigenvalue weighted by atomic mass is 19.1. The molecule has 0 fully saturated rings. The molecular formula is C22H23FN2O3. The first-order valence-corrected chi connectivity index (χ1v) is 9.11. The SMILES string of the molecule is COC(=O)CN(C(=O)c1cc2ccccc2n1Cc1ccccc1F)C(C)C. The number of fused-ring (bicyclic) bond motifs is 1. The summed E-state index contributed by atoms with van der Waals surface area (Å²) < 4.78 is 20.8. The summed E-state index contributed by atoms with van der Waals surface area (Å²) in [7, 11) is 1.29. The van der Waals surface area contributed by atoms with Crippen molar-refractivity contribution in [2.24, 2.45) is 0 Å². The number of halogens is 1. The predicted octanol–water partition coefficient (Wildman–Crippen LogP) is 3.85. The smallest absolute Gasteiger partial charge is 0.325 e. The third-order valence-corrected chi connectivity index (χ3v) is 4.73. The predicted molar refractivity (Wildman–Crippen MR) is 106 cm³/mol. The summed E-state index contributed by atoms with van der Waals surface area (Å²) >= 11 is 0. The van der Waals surface area contributed by atoms with Crippen LogP contribution in [-0.2, 0) is 16.1 Å². The van der Waals surface area contributed by atoms with Gasteiger partial charge < -0.3 is 14.2 Å². The Bertz CT molecular complexity index is 1010. The number of rotatable bonds is 6. The molecule has 0 bridgehead atoms. The van der Waals surface area contributed by atoms with Gasteiger partial charge in [-0.25, -0.2) is 4.39 Å². The van der Waals surface area contributed by atoms with Gasteiger partial charge in [-0.05, 0) is 32.0 Å². The van der Waals surface area contributed by atoms with Crippen LogP contribution in [-0.4, -0.2) is 41.0 Å². The average molecular weight is 382 g/mol. The Morgan fingerprint density at radius 3 is 2.46 bits per heavy atom. The fraction of sp³-hybridized carbons (Fsp3) is 0.273. The lowest BCUT2D eigenvalue weighted by atomic mass is 10.2. The Labute approximate surface area is 163 Å². The van der Waals surface area contributed by atoms with Gasteiger partial charge in [0.15, 0.2) is 0 Å². The van der Waals surface area contributed by atoms with E-state index in [0.29, 0.717) is 11.3 Å². The molecule has 0 N–H and O–H groups in total. The zero-order valence-corrected chi connectivity index (χ0v) is 16.2. The van der Waals surface area contributed by atoms with Gasteiger partial charge in [0.05, 0.1) is 13.7 Å². The molecule has 0 spiro atoms. The summed E-state index contributed by atoms with van der Waals surface area (Å²) in [4.78, 5) is 26.5. The van der Waals surface area contributed by atoms with Crippen molar-refractivity contribution in [2.75, 3.05) is 13.7 Å². The Kier molecular flexibility index (Phi) is 5.78. The highest BCUT2D eigenvalue weighted by Gasteiger charge is 2.26. The van der Waals surface area contributed by atoms with E-state index in [2.05, 4.69) is 0 Å². The van der Waals surface area contributed by atoms with Crippen LogP contribution in [0.4, 0.5) is 4.39 Å². The molecule has 0 aliphatic carbocycles. The van der Waals surface area contributed by atoms with Gasteiger partial charge in [-0.2, -0.15) is 0 Å². The minimum Gasteiger partial charge on any atom is -0.468 e. The van der Waals surface area contributed by atoms with Gasteiger partial charge in [-0.3, -0.25) is 9.59 Å². The number of ether oxygens (including phenoxy) is 1. The van der Waals surface area contributed by atoms with Gasteiger partial charge >= 0.3 is 5.97 Å². The van der Waals surface area contributed by atoms with Crippen molar-refractivity contribution in [1.29, 1.82) is 0 Å². The van der Waals surface area contributed by atoms with Crippen molar-refractivity contribution in [3.05, 3.63) is 71.7 Å². The lowest BCUT2D eigenvalue weighted by Gasteiger charge is -2.26. The van der Waals surface area contributed by atoms with Crippen LogP contribution in [0.3, 0.4) is 0 Å². The molecule has 1 amide bonds. The number of nitrogens with zero attached hydrogens (tertiary/aromatic N) is 2. The molecule has 6 heteroatoms. The van der Waals surface area contributed by atoms with Crippen LogP contribution in [0.1, 0.15) is 29.9 Å². The highest BCUT2D eigenvalue weighted by Crippen LogP contribution is 2.24. The molecule has 0 aliphatic heterocycles. The second-order valence-corrected chi connectivity index (χ2v) is 6.87. The van der Waals surface area contributed by atoms with Crippen molar-refractivity contribution in [3.8, 4) is 0 Å². The maximum atomic E-state index is 14.2. The third-order valence-electron chi connectivity index (χ3n) is 4.73. The number of aromatic nitrogens is 1. The van der Waals surface area contributed by atoms with Crippen LogP contribution in [0.15, 0.2) is 54.6 Å². The maximum Gasteiger partial charge on any atom is 0.325 e. The molecule has 2 aromatic carbocycles. The lowest BCUT2D eigenvalue weighted by molar-refractivity contribution is -0.141. The van der Waals surface area contributed by atoms with Gasteiger partial charge in [0, 0.05) is 22.5 Å².